The first-order chi connectivity index (χ1) is 31.7. The third-order valence-corrected chi connectivity index (χ3v) is 12.5. The van der Waals surface area contributed by atoms with Gasteiger partial charge in [0.25, 0.3) is 0 Å². The molecule has 13 rings (SSSR count). The van der Waals surface area contributed by atoms with Crippen LogP contribution in [-0.4, -0.2) is 15.0 Å². The number of fused-ring (bicyclic) bond motifs is 9. The summed E-state index contributed by atoms with van der Waals surface area (Å²) in [5.74, 6) is 1.63. The van der Waals surface area contributed by atoms with E-state index in [4.69, 9.17) is 23.8 Å². The Hall–Kier alpha value is -8.67. The molecule has 0 fully saturated rings. The molecule has 0 aliphatic rings. The summed E-state index contributed by atoms with van der Waals surface area (Å²) >= 11 is 0. The molecule has 0 saturated heterocycles. The molecule has 5 heteroatoms. The maximum absolute atomic E-state index is 6.82. The quantitative estimate of drug-likeness (QED) is 0.167. The van der Waals surface area contributed by atoms with Gasteiger partial charge >= 0.3 is 0 Å². The van der Waals surface area contributed by atoms with Crippen LogP contribution in [0.5, 0.6) is 0 Å². The lowest BCUT2D eigenvalue weighted by Gasteiger charge is -2.11. The van der Waals surface area contributed by atoms with Crippen molar-refractivity contribution in [1.82, 2.24) is 15.0 Å². The molecule has 0 radical (unpaired) electrons. The van der Waals surface area contributed by atoms with Crippen LogP contribution in [0.1, 0.15) is 0 Å². The summed E-state index contributed by atoms with van der Waals surface area (Å²) in [6, 6.07) is 74.0. The first kappa shape index (κ1) is 36.0. The Morgan fingerprint density at radius 1 is 0.266 bits per heavy atom. The minimum absolute atomic E-state index is 0.525. The SMILES string of the molecule is c1ccc(-c2ccc(-c3nc(-c4cccc5c4oc4c6ccccc6ccc54)nc(-c4cccc5oc6ccc(-c7cccc(-c8cccc9ccccc89)c7)cc6c45)n3)cc2)cc1. The van der Waals surface area contributed by atoms with Crippen molar-refractivity contribution < 1.29 is 8.83 Å². The van der Waals surface area contributed by atoms with E-state index in [-0.39, 0.29) is 0 Å². The molecule has 0 unspecified atom stereocenters. The third-order valence-electron chi connectivity index (χ3n) is 12.5. The number of hydrogen-bond donors (Lipinski definition) is 0. The fourth-order valence-corrected chi connectivity index (χ4v) is 9.43. The number of aromatic nitrogens is 3. The molecule has 3 aromatic heterocycles. The molecule has 10 aromatic carbocycles. The molecular formula is C59H35N3O2. The van der Waals surface area contributed by atoms with E-state index in [0.717, 1.165) is 93.6 Å². The number of hydrogen-bond acceptors (Lipinski definition) is 5. The van der Waals surface area contributed by atoms with Gasteiger partial charge in [-0.25, -0.2) is 15.0 Å². The van der Waals surface area contributed by atoms with Gasteiger partial charge in [-0.1, -0.05) is 176 Å². The van der Waals surface area contributed by atoms with Crippen molar-refractivity contribution in [3.05, 3.63) is 212 Å². The fraction of sp³-hybridized carbons (Fsp3) is 0. The summed E-state index contributed by atoms with van der Waals surface area (Å²) < 4.78 is 13.4. The van der Waals surface area contributed by atoms with Gasteiger partial charge in [-0.2, -0.15) is 0 Å². The second kappa shape index (κ2) is 14.5. The first-order valence-electron chi connectivity index (χ1n) is 21.5. The molecule has 3 heterocycles. The fourth-order valence-electron chi connectivity index (χ4n) is 9.43. The van der Waals surface area contributed by atoms with Gasteiger partial charge in [-0.3, -0.25) is 0 Å². The molecule has 13 aromatic rings. The van der Waals surface area contributed by atoms with Crippen LogP contribution in [0.4, 0.5) is 0 Å². The van der Waals surface area contributed by atoms with Gasteiger partial charge in [0.1, 0.15) is 22.3 Å². The van der Waals surface area contributed by atoms with E-state index < -0.39 is 0 Å². The number of benzene rings is 10. The summed E-state index contributed by atoms with van der Waals surface area (Å²) in [6.45, 7) is 0. The average Bonchev–Trinajstić information content (AvgIpc) is 3.95. The lowest BCUT2D eigenvalue weighted by molar-refractivity contribution is 0.669. The van der Waals surface area contributed by atoms with E-state index >= 15 is 0 Å². The molecule has 5 nitrogen and oxygen atoms in total. The predicted octanol–water partition coefficient (Wildman–Crippen LogP) is 16.0. The van der Waals surface area contributed by atoms with Crippen LogP contribution in [0.2, 0.25) is 0 Å². The topological polar surface area (TPSA) is 65.0 Å². The molecule has 0 saturated carbocycles. The first-order valence-corrected chi connectivity index (χ1v) is 21.5. The second-order valence-corrected chi connectivity index (χ2v) is 16.3. The van der Waals surface area contributed by atoms with Crippen LogP contribution in [0.25, 0.3) is 133 Å². The molecule has 0 atom stereocenters. The Balaban J connectivity index is 0.997. The average molecular weight is 818 g/mol. The van der Waals surface area contributed by atoms with Crippen molar-refractivity contribution >= 4 is 65.4 Å². The lowest BCUT2D eigenvalue weighted by atomic mass is 9.94. The van der Waals surface area contributed by atoms with Crippen molar-refractivity contribution in [2.24, 2.45) is 0 Å². The van der Waals surface area contributed by atoms with E-state index in [1.165, 1.54) is 21.9 Å². The van der Waals surface area contributed by atoms with Gasteiger partial charge in [0.05, 0.1) is 5.56 Å². The number of para-hydroxylation sites is 1. The molecule has 0 N–H and O–H groups in total. The molecular weight excluding hydrogens is 783 g/mol. The van der Waals surface area contributed by atoms with Crippen LogP contribution in [0.3, 0.4) is 0 Å². The van der Waals surface area contributed by atoms with Crippen LogP contribution in [0.15, 0.2) is 221 Å². The standard InChI is InChI=1S/C59H35N3O2/c1-2-12-36(13-3-1)37-26-28-40(29-27-37)57-60-58(62-59(61-57)50-24-10-22-47-48-32-30-39-15-5-7-20-46(39)55(48)64-56(47)50)49-23-11-25-53-54(49)51-35-42(31-33-52(51)63-53)41-17-8-18-43(34-41)45-21-9-16-38-14-4-6-19-44(38)45/h1-35H. The molecule has 298 valence electrons. The van der Waals surface area contributed by atoms with Crippen LogP contribution >= 0.6 is 0 Å². The van der Waals surface area contributed by atoms with Gasteiger partial charge in [0.15, 0.2) is 17.5 Å². The van der Waals surface area contributed by atoms with Crippen LogP contribution in [0, 0.1) is 0 Å². The van der Waals surface area contributed by atoms with E-state index in [0.29, 0.717) is 17.5 Å². The normalized spacial score (nSPS) is 11.8. The van der Waals surface area contributed by atoms with E-state index in [1.807, 2.05) is 24.3 Å². The Kier molecular flexibility index (Phi) is 8.15. The smallest absolute Gasteiger partial charge is 0.167 e. The third kappa shape index (κ3) is 5.90. The summed E-state index contributed by atoms with van der Waals surface area (Å²) in [7, 11) is 0. The zero-order chi connectivity index (χ0) is 42.1. The Labute approximate surface area is 367 Å². The number of nitrogens with zero attached hydrogens (tertiary/aromatic N) is 3. The van der Waals surface area contributed by atoms with Gasteiger partial charge in [0.2, 0.25) is 0 Å². The summed E-state index contributed by atoms with van der Waals surface area (Å²) in [6.07, 6.45) is 0. The van der Waals surface area contributed by atoms with Crippen molar-refractivity contribution in [1.29, 1.82) is 0 Å². The van der Waals surface area contributed by atoms with Gasteiger partial charge < -0.3 is 8.83 Å². The molecule has 0 spiro atoms. The van der Waals surface area contributed by atoms with Crippen LogP contribution < -0.4 is 0 Å². The summed E-state index contributed by atoms with van der Waals surface area (Å²) in [5.41, 5.74) is 12.5. The van der Waals surface area contributed by atoms with Crippen molar-refractivity contribution in [3.8, 4) is 67.5 Å². The second-order valence-electron chi connectivity index (χ2n) is 16.3. The van der Waals surface area contributed by atoms with E-state index in [2.05, 4.69) is 188 Å². The van der Waals surface area contributed by atoms with Crippen molar-refractivity contribution in [3.63, 3.8) is 0 Å². The monoisotopic (exact) mass is 817 g/mol. The maximum atomic E-state index is 6.82. The molecule has 0 aliphatic carbocycles. The van der Waals surface area contributed by atoms with Gasteiger partial charge in [-0.15, -0.1) is 0 Å². The molecule has 0 aliphatic heterocycles. The summed E-state index contributed by atoms with van der Waals surface area (Å²) in [4.78, 5) is 15.8. The lowest BCUT2D eigenvalue weighted by Crippen LogP contribution is -2.00. The van der Waals surface area contributed by atoms with E-state index in [1.54, 1.807) is 0 Å². The maximum Gasteiger partial charge on any atom is 0.167 e. The zero-order valence-electron chi connectivity index (χ0n) is 34.4. The highest BCUT2D eigenvalue weighted by atomic mass is 16.3. The minimum atomic E-state index is 0.525. The predicted molar refractivity (Wildman–Crippen MR) is 262 cm³/mol. The highest BCUT2D eigenvalue weighted by Crippen LogP contribution is 2.42. The van der Waals surface area contributed by atoms with Crippen molar-refractivity contribution in [2.75, 3.05) is 0 Å². The molecule has 64 heavy (non-hydrogen) atoms. The van der Waals surface area contributed by atoms with E-state index in [9.17, 15) is 0 Å². The Morgan fingerprint density at radius 3 is 1.70 bits per heavy atom. The number of furan rings is 2. The molecule has 0 amide bonds. The number of rotatable bonds is 6. The minimum Gasteiger partial charge on any atom is -0.456 e. The van der Waals surface area contributed by atoms with Gasteiger partial charge in [0, 0.05) is 38.1 Å². The summed E-state index contributed by atoms with van der Waals surface area (Å²) in [5, 5.41) is 8.64. The highest BCUT2D eigenvalue weighted by molar-refractivity contribution is 6.17. The zero-order valence-corrected chi connectivity index (χ0v) is 34.4. The largest absolute Gasteiger partial charge is 0.456 e. The van der Waals surface area contributed by atoms with Crippen molar-refractivity contribution in [2.45, 2.75) is 0 Å². The molecule has 0 bridgehead atoms. The van der Waals surface area contributed by atoms with Crippen LogP contribution in [-0.2, 0) is 0 Å². The Bertz CT molecular complexity index is 3950. The Morgan fingerprint density at radius 2 is 0.828 bits per heavy atom. The van der Waals surface area contributed by atoms with Gasteiger partial charge in [-0.05, 0) is 85.9 Å². The highest BCUT2D eigenvalue weighted by Gasteiger charge is 2.21.